The summed E-state index contributed by atoms with van der Waals surface area (Å²) in [5.74, 6) is -2.56. The molecule has 4 nitrogen and oxygen atoms in total. The number of anilines is 1. The molecule has 2 heterocycles. The van der Waals surface area contributed by atoms with E-state index in [0.29, 0.717) is 13.0 Å². The van der Waals surface area contributed by atoms with Gasteiger partial charge in [0.15, 0.2) is 11.6 Å². The van der Waals surface area contributed by atoms with Crippen molar-refractivity contribution in [3.8, 4) is 0 Å². The molecule has 27 heavy (non-hydrogen) atoms. The summed E-state index contributed by atoms with van der Waals surface area (Å²) in [7, 11) is 0. The van der Waals surface area contributed by atoms with Gasteiger partial charge in [-0.1, -0.05) is 18.2 Å². The van der Waals surface area contributed by atoms with Crippen LogP contribution in [0.15, 0.2) is 47.4 Å². The molecular formula is C20H18F2N2O2S. The summed E-state index contributed by atoms with van der Waals surface area (Å²) in [6, 6.07) is 11.2. The lowest BCUT2D eigenvalue weighted by atomic mass is 10.0. The minimum Gasteiger partial charge on any atom is -0.349 e. The second kappa shape index (κ2) is 7.31. The van der Waals surface area contributed by atoms with Gasteiger partial charge in [0.25, 0.3) is 0 Å². The Bertz CT molecular complexity index is 905. The number of hydrogen-bond acceptors (Lipinski definition) is 3. The number of nitrogens with one attached hydrogen (secondary N) is 1. The molecule has 140 valence electrons. The van der Waals surface area contributed by atoms with Crippen molar-refractivity contribution < 1.29 is 18.4 Å². The molecular weight excluding hydrogens is 370 g/mol. The van der Waals surface area contributed by atoms with E-state index in [-0.39, 0.29) is 23.5 Å². The Morgan fingerprint density at radius 2 is 1.93 bits per heavy atom. The molecule has 1 fully saturated rings. The third-order valence-corrected chi connectivity index (χ3v) is 6.13. The molecule has 2 amide bonds. The fraction of sp³-hybridized carbons (Fsp3) is 0.300. The highest BCUT2D eigenvalue weighted by Crippen LogP contribution is 2.36. The van der Waals surface area contributed by atoms with Crippen molar-refractivity contribution in [3.63, 3.8) is 0 Å². The van der Waals surface area contributed by atoms with Crippen molar-refractivity contribution in [3.05, 3.63) is 59.7 Å². The van der Waals surface area contributed by atoms with Crippen LogP contribution in [0, 0.1) is 17.6 Å². The van der Waals surface area contributed by atoms with Crippen molar-refractivity contribution in [2.24, 2.45) is 5.92 Å². The normalized spacial score (nSPS) is 21.9. The maximum Gasteiger partial charge on any atom is 0.239 e. The zero-order valence-electron chi connectivity index (χ0n) is 14.5. The number of nitrogens with zero attached hydrogens (tertiary/aromatic N) is 1. The summed E-state index contributed by atoms with van der Waals surface area (Å²) in [4.78, 5) is 27.9. The summed E-state index contributed by atoms with van der Waals surface area (Å²) in [6.07, 6.45) is 1.16. The predicted octanol–water partition coefficient (Wildman–Crippen LogP) is 3.67. The Morgan fingerprint density at radius 1 is 1.11 bits per heavy atom. The van der Waals surface area contributed by atoms with Gasteiger partial charge in [0.2, 0.25) is 11.8 Å². The molecule has 2 atom stereocenters. The van der Waals surface area contributed by atoms with Gasteiger partial charge >= 0.3 is 0 Å². The molecule has 2 aliphatic rings. The largest absolute Gasteiger partial charge is 0.349 e. The van der Waals surface area contributed by atoms with Gasteiger partial charge in [-0.3, -0.25) is 9.59 Å². The lowest BCUT2D eigenvalue weighted by Crippen LogP contribution is -2.39. The number of hydrogen-bond donors (Lipinski definition) is 1. The standard InChI is InChI=1S/C20H18F2N2O2S/c21-15-6-5-12(11-16(15)22)24-9-7-14(20(24)26)19(25)23-17-8-10-27-18-4-2-1-3-13(17)18/h1-6,11,14,17H,7-10H2,(H,23,25)/t14-,17-/m1/s1. The zero-order chi connectivity index (χ0) is 19.0. The Balaban J connectivity index is 1.47. The van der Waals surface area contributed by atoms with Crippen LogP contribution in [0.3, 0.4) is 0 Å². The second-order valence-corrected chi connectivity index (χ2v) is 7.80. The minimum absolute atomic E-state index is 0.111. The van der Waals surface area contributed by atoms with Crippen molar-refractivity contribution in [1.29, 1.82) is 0 Å². The molecule has 2 aromatic rings. The van der Waals surface area contributed by atoms with E-state index in [9.17, 15) is 18.4 Å². The molecule has 0 aliphatic carbocycles. The lowest BCUT2D eigenvalue weighted by molar-refractivity contribution is -0.132. The number of thioether (sulfide) groups is 1. The van der Waals surface area contributed by atoms with E-state index in [1.807, 2.05) is 24.3 Å². The zero-order valence-corrected chi connectivity index (χ0v) is 15.3. The van der Waals surface area contributed by atoms with Crippen LogP contribution < -0.4 is 10.2 Å². The Morgan fingerprint density at radius 3 is 2.74 bits per heavy atom. The quantitative estimate of drug-likeness (QED) is 0.817. The van der Waals surface area contributed by atoms with Crippen LogP contribution in [-0.4, -0.2) is 24.1 Å². The number of carbonyl (C=O) groups excluding carboxylic acids is 2. The number of benzene rings is 2. The van der Waals surface area contributed by atoms with Crippen molar-refractivity contribution in [2.75, 3.05) is 17.2 Å². The van der Waals surface area contributed by atoms with Gasteiger partial charge in [-0.15, -0.1) is 11.8 Å². The van der Waals surface area contributed by atoms with Crippen LogP contribution in [0.4, 0.5) is 14.5 Å². The van der Waals surface area contributed by atoms with E-state index in [1.165, 1.54) is 11.0 Å². The molecule has 0 saturated carbocycles. The Kier molecular flexibility index (Phi) is 4.86. The summed E-state index contributed by atoms with van der Waals surface area (Å²) in [5.41, 5.74) is 1.35. The third kappa shape index (κ3) is 3.43. The summed E-state index contributed by atoms with van der Waals surface area (Å²) < 4.78 is 26.6. The predicted molar refractivity (Wildman–Crippen MR) is 99.5 cm³/mol. The molecule has 4 rings (SSSR count). The van der Waals surface area contributed by atoms with E-state index in [0.717, 1.165) is 34.8 Å². The monoisotopic (exact) mass is 388 g/mol. The Hall–Kier alpha value is -2.41. The third-order valence-electron chi connectivity index (χ3n) is 5.01. The average Bonchev–Trinajstić information content (AvgIpc) is 3.06. The van der Waals surface area contributed by atoms with Gasteiger partial charge in [-0.25, -0.2) is 8.78 Å². The maximum absolute atomic E-state index is 13.5. The molecule has 7 heteroatoms. The first-order valence-electron chi connectivity index (χ1n) is 8.83. The van der Waals surface area contributed by atoms with Crippen LogP contribution in [0.2, 0.25) is 0 Å². The number of rotatable bonds is 3. The van der Waals surface area contributed by atoms with E-state index in [4.69, 9.17) is 0 Å². The fourth-order valence-electron chi connectivity index (χ4n) is 3.60. The molecule has 0 bridgehead atoms. The Labute approximate surface area is 159 Å². The van der Waals surface area contributed by atoms with E-state index >= 15 is 0 Å². The van der Waals surface area contributed by atoms with E-state index in [2.05, 4.69) is 5.32 Å². The summed E-state index contributed by atoms with van der Waals surface area (Å²) >= 11 is 1.76. The number of amides is 2. The van der Waals surface area contributed by atoms with Gasteiger partial charge < -0.3 is 10.2 Å². The first kappa shape index (κ1) is 18.0. The second-order valence-electron chi connectivity index (χ2n) is 6.67. The molecule has 0 aromatic heterocycles. The molecule has 2 aromatic carbocycles. The molecule has 2 aliphatic heterocycles. The van der Waals surface area contributed by atoms with E-state index < -0.39 is 17.6 Å². The minimum atomic E-state index is -1.01. The molecule has 0 spiro atoms. The van der Waals surface area contributed by atoms with Gasteiger partial charge in [-0.05, 0) is 36.6 Å². The number of fused-ring (bicyclic) bond motifs is 1. The molecule has 0 radical (unpaired) electrons. The topological polar surface area (TPSA) is 49.4 Å². The van der Waals surface area contributed by atoms with E-state index in [1.54, 1.807) is 11.8 Å². The first-order valence-corrected chi connectivity index (χ1v) is 9.81. The molecule has 1 N–H and O–H groups in total. The van der Waals surface area contributed by atoms with Gasteiger partial charge in [0.05, 0.1) is 6.04 Å². The van der Waals surface area contributed by atoms with Crippen molar-refractivity contribution >= 4 is 29.3 Å². The van der Waals surface area contributed by atoms with Crippen molar-refractivity contribution in [2.45, 2.75) is 23.8 Å². The molecule has 0 unspecified atom stereocenters. The highest BCUT2D eigenvalue weighted by Gasteiger charge is 2.39. The smallest absolute Gasteiger partial charge is 0.239 e. The average molecular weight is 388 g/mol. The fourth-order valence-corrected chi connectivity index (χ4v) is 4.72. The number of halogens is 2. The van der Waals surface area contributed by atoms with Gasteiger partial charge in [-0.2, -0.15) is 0 Å². The van der Waals surface area contributed by atoms with Crippen molar-refractivity contribution in [1.82, 2.24) is 5.32 Å². The molecule has 1 saturated heterocycles. The van der Waals surface area contributed by atoms with Crippen LogP contribution in [0.1, 0.15) is 24.4 Å². The maximum atomic E-state index is 13.5. The first-order chi connectivity index (χ1) is 13.0. The van der Waals surface area contributed by atoms with Crippen LogP contribution in [0.25, 0.3) is 0 Å². The van der Waals surface area contributed by atoms with Gasteiger partial charge in [0, 0.05) is 28.9 Å². The summed E-state index contributed by atoms with van der Waals surface area (Å²) in [5, 5.41) is 3.01. The van der Waals surface area contributed by atoms with Crippen LogP contribution in [0.5, 0.6) is 0 Å². The van der Waals surface area contributed by atoms with Gasteiger partial charge in [0.1, 0.15) is 5.92 Å². The highest BCUT2D eigenvalue weighted by atomic mass is 32.2. The van der Waals surface area contributed by atoms with Crippen LogP contribution in [-0.2, 0) is 9.59 Å². The SMILES string of the molecule is O=C(N[C@@H]1CCSc2ccccc21)[C@H]1CCN(c2ccc(F)c(F)c2)C1=O. The number of carbonyl (C=O) groups is 2. The van der Waals surface area contributed by atoms with Crippen LogP contribution >= 0.6 is 11.8 Å². The highest BCUT2D eigenvalue weighted by molar-refractivity contribution is 7.99. The summed E-state index contributed by atoms with van der Waals surface area (Å²) in [6.45, 7) is 0.305. The lowest BCUT2D eigenvalue weighted by Gasteiger charge is -2.26.